The van der Waals surface area contributed by atoms with Gasteiger partial charge in [-0.1, -0.05) is 23.2 Å². The van der Waals surface area contributed by atoms with Gasteiger partial charge in [0.05, 0.1) is 27.2 Å². The number of nitrogens with one attached hydrogen (secondary N) is 1. The predicted molar refractivity (Wildman–Crippen MR) is 97.7 cm³/mol. The molecule has 132 valence electrons. The van der Waals surface area contributed by atoms with Crippen molar-refractivity contribution in [2.75, 3.05) is 5.32 Å². The molecular weight excluding hydrogens is 383 g/mol. The van der Waals surface area contributed by atoms with Gasteiger partial charge in [0.1, 0.15) is 6.54 Å². The van der Waals surface area contributed by atoms with Crippen LogP contribution in [0.25, 0.3) is 10.9 Å². The first-order valence-corrected chi connectivity index (χ1v) is 7.99. The standard InChI is InChI=1S/C16H10Cl2N4O4/c17-9-5-12-15(13(18)6-9)19-8-21(16(12)24)7-14(23)20-10-1-3-11(4-2-10)22(25)26/h1-6,8H,7H2,(H,20,23). The van der Waals surface area contributed by atoms with Crippen molar-refractivity contribution in [3.8, 4) is 0 Å². The zero-order valence-corrected chi connectivity index (χ0v) is 14.5. The molecule has 0 radical (unpaired) electrons. The maximum absolute atomic E-state index is 12.5. The molecule has 0 fully saturated rings. The number of benzene rings is 2. The average Bonchev–Trinajstić information content (AvgIpc) is 2.58. The van der Waals surface area contributed by atoms with Crippen LogP contribution in [0.4, 0.5) is 11.4 Å². The summed E-state index contributed by atoms with van der Waals surface area (Å²) in [5, 5.41) is 13.9. The van der Waals surface area contributed by atoms with Gasteiger partial charge in [0.25, 0.3) is 11.2 Å². The van der Waals surface area contributed by atoms with Gasteiger partial charge in [0.2, 0.25) is 5.91 Å². The van der Waals surface area contributed by atoms with Gasteiger partial charge in [-0.15, -0.1) is 0 Å². The Hall–Kier alpha value is -2.97. The first-order chi connectivity index (χ1) is 12.3. The molecule has 1 heterocycles. The van der Waals surface area contributed by atoms with Crippen molar-refractivity contribution < 1.29 is 9.72 Å². The minimum atomic E-state index is -0.540. The summed E-state index contributed by atoms with van der Waals surface area (Å²) >= 11 is 11.9. The Bertz CT molecular complexity index is 1080. The van der Waals surface area contributed by atoms with Crippen LogP contribution in [0.1, 0.15) is 0 Å². The monoisotopic (exact) mass is 392 g/mol. The fraction of sp³-hybridized carbons (Fsp3) is 0.0625. The fourth-order valence-corrected chi connectivity index (χ4v) is 2.87. The smallest absolute Gasteiger partial charge is 0.269 e. The minimum Gasteiger partial charge on any atom is -0.325 e. The number of amides is 1. The summed E-state index contributed by atoms with van der Waals surface area (Å²) in [5.74, 6) is -0.491. The van der Waals surface area contributed by atoms with Crippen LogP contribution in [0.15, 0.2) is 47.5 Å². The fourth-order valence-electron chi connectivity index (χ4n) is 2.33. The van der Waals surface area contributed by atoms with Crippen molar-refractivity contribution in [2.45, 2.75) is 6.54 Å². The second-order valence-corrected chi connectivity index (χ2v) is 6.16. The van der Waals surface area contributed by atoms with Crippen LogP contribution in [0.2, 0.25) is 10.0 Å². The molecule has 8 nitrogen and oxygen atoms in total. The minimum absolute atomic E-state index is 0.0910. The highest BCUT2D eigenvalue weighted by Crippen LogP contribution is 2.24. The van der Waals surface area contributed by atoms with E-state index in [1.165, 1.54) is 42.7 Å². The molecule has 0 aliphatic carbocycles. The number of hydrogen-bond acceptors (Lipinski definition) is 5. The van der Waals surface area contributed by atoms with Gasteiger partial charge in [0.15, 0.2) is 0 Å². The van der Waals surface area contributed by atoms with Crippen LogP contribution in [-0.2, 0) is 11.3 Å². The van der Waals surface area contributed by atoms with E-state index in [0.717, 1.165) is 4.57 Å². The van der Waals surface area contributed by atoms with Crippen molar-refractivity contribution in [1.82, 2.24) is 9.55 Å². The quantitative estimate of drug-likeness (QED) is 0.541. The van der Waals surface area contributed by atoms with E-state index in [1.54, 1.807) is 0 Å². The predicted octanol–water partition coefficient (Wildman–Crippen LogP) is 3.25. The van der Waals surface area contributed by atoms with Crippen LogP contribution in [0.5, 0.6) is 0 Å². The van der Waals surface area contributed by atoms with Crippen LogP contribution >= 0.6 is 23.2 Å². The topological polar surface area (TPSA) is 107 Å². The van der Waals surface area contributed by atoms with Gasteiger partial charge in [-0.3, -0.25) is 24.3 Å². The number of nitro groups is 1. The third-order valence-electron chi connectivity index (χ3n) is 3.52. The lowest BCUT2D eigenvalue weighted by Gasteiger charge is -2.08. The molecule has 1 amide bonds. The molecule has 1 aromatic heterocycles. The molecule has 0 saturated heterocycles. The molecule has 0 unspecified atom stereocenters. The van der Waals surface area contributed by atoms with Crippen LogP contribution < -0.4 is 10.9 Å². The Kier molecular flexibility index (Phi) is 4.88. The van der Waals surface area contributed by atoms with E-state index in [9.17, 15) is 19.7 Å². The van der Waals surface area contributed by atoms with Crippen LogP contribution in [-0.4, -0.2) is 20.4 Å². The number of hydrogen-bond donors (Lipinski definition) is 1. The van der Waals surface area contributed by atoms with Crippen molar-refractivity contribution in [3.05, 3.63) is 73.2 Å². The number of carbonyl (C=O) groups is 1. The number of rotatable bonds is 4. The van der Waals surface area contributed by atoms with Gasteiger partial charge in [-0.2, -0.15) is 0 Å². The first kappa shape index (κ1) is 17.8. The van der Waals surface area contributed by atoms with Crippen molar-refractivity contribution >= 4 is 51.4 Å². The SMILES string of the molecule is O=C(Cn1cnc2c(Cl)cc(Cl)cc2c1=O)Nc1ccc([N+](=O)[O-])cc1. The molecule has 0 atom stereocenters. The molecule has 0 bridgehead atoms. The molecule has 0 saturated carbocycles. The molecule has 10 heteroatoms. The molecule has 1 N–H and O–H groups in total. The molecule has 2 aromatic carbocycles. The summed E-state index contributed by atoms with van der Waals surface area (Å²) in [7, 11) is 0. The van der Waals surface area contributed by atoms with E-state index in [-0.39, 0.29) is 27.7 Å². The lowest BCUT2D eigenvalue weighted by atomic mass is 10.2. The Balaban J connectivity index is 1.82. The summed E-state index contributed by atoms with van der Waals surface area (Å²) in [6.45, 7) is -0.289. The number of carbonyl (C=O) groups excluding carboxylic acids is 1. The number of nitrogens with zero attached hydrogens (tertiary/aromatic N) is 3. The lowest BCUT2D eigenvalue weighted by molar-refractivity contribution is -0.384. The van der Waals surface area contributed by atoms with Gasteiger partial charge < -0.3 is 5.32 Å². The van der Waals surface area contributed by atoms with E-state index >= 15 is 0 Å². The van der Waals surface area contributed by atoms with Gasteiger partial charge in [-0.25, -0.2) is 4.98 Å². The van der Waals surface area contributed by atoms with Crippen molar-refractivity contribution in [3.63, 3.8) is 0 Å². The second-order valence-electron chi connectivity index (χ2n) is 5.31. The van der Waals surface area contributed by atoms with Crippen LogP contribution in [0.3, 0.4) is 0 Å². The Labute approximate surface area is 156 Å². The molecule has 0 aliphatic rings. The molecule has 0 aliphatic heterocycles. The summed E-state index contributed by atoms with van der Waals surface area (Å²) in [5.41, 5.74) is 0.117. The van der Waals surface area contributed by atoms with Crippen molar-refractivity contribution in [1.29, 1.82) is 0 Å². The average molecular weight is 393 g/mol. The summed E-state index contributed by atoms with van der Waals surface area (Å²) < 4.78 is 1.12. The van der Waals surface area contributed by atoms with Crippen LogP contribution in [0, 0.1) is 10.1 Å². The van der Waals surface area contributed by atoms with Gasteiger partial charge >= 0.3 is 0 Å². The summed E-state index contributed by atoms with van der Waals surface area (Å²) in [6, 6.07) is 8.24. The van der Waals surface area contributed by atoms with Gasteiger partial charge in [0, 0.05) is 22.8 Å². The number of aromatic nitrogens is 2. The largest absolute Gasteiger partial charge is 0.325 e. The van der Waals surface area contributed by atoms with E-state index in [4.69, 9.17) is 23.2 Å². The number of non-ortho nitro benzene ring substituents is 1. The van der Waals surface area contributed by atoms with E-state index in [0.29, 0.717) is 11.2 Å². The first-order valence-electron chi connectivity index (χ1n) is 7.23. The second kappa shape index (κ2) is 7.11. The number of halogens is 2. The normalized spacial score (nSPS) is 10.7. The Morgan fingerprint density at radius 3 is 2.58 bits per heavy atom. The molecule has 26 heavy (non-hydrogen) atoms. The van der Waals surface area contributed by atoms with E-state index in [2.05, 4.69) is 10.3 Å². The lowest BCUT2D eigenvalue weighted by Crippen LogP contribution is -2.28. The molecule has 0 spiro atoms. The van der Waals surface area contributed by atoms with E-state index < -0.39 is 16.4 Å². The summed E-state index contributed by atoms with van der Waals surface area (Å²) in [4.78, 5) is 38.8. The molecule has 3 rings (SSSR count). The maximum Gasteiger partial charge on any atom is 0.269 e. The van der Waals surface area contributed by atoms with E-state index in [1.807, 2.05) is 0 Å². The third kappa shape index (κ3) is 3.66. The maximum atomic E-state index is 12.5. The molecule has 3 aromatic rings. The van der Waals surface area contributed by atoms with Crippen molar-refractivity contribution in [2.24, 2.45) is 0 Å². The Morgan fingerprint density at radius 1 is 1.23 bits per heavy atom. The highest BCUT2D eigenvalue weighted by molar-refractivity contribution is 6.38. The number of nitro benzene ring substituents is 1. The zero-order chi connectivity index (χ0) is 18.8. The zero-order valence-electron chi connectivity index (χ0n) is 13.0. The van der Waals surface area contributed by atoms with Gasteiger partial charge in [-0.05, 0) is 24.3 Å². The number of fused-ring (bicyclic) bond motifs is 1. The highest BCUT2D eigenvalue weighted by Gasteiger charge is 2.12. The summed E-state index contributed by atoms with van der Waals surface area (Å²) in [6.07, 6.45) is 1.22. The Morgan fingerprint density at radius 2 is 1.92 bits per heavy atom. The third-order valence-corrected chi connectivity index (χ3v) is 4.03. The molecular formula is C16H10Cl2N4O4. The number of anilines is 1. The highest BCUT2D eigenvalue weighted by atomic mass is 35.5.